The third-order valence-electron chi connectivity index (χ3n) is 3.21. The maximum atomic E-state index is 9.92. The lowest BCUT2D eigenvalue weighted by atomic mass is 10.1. The largest absolute Gasteiger partial charge is 0.390 e. The van der Waals surface area contributed by atoms with Gasteiger partial charge in [0.05, 0.1) is 12.1 Å². The predicted molar refractivity (Wildman–Crippen MR) is 65.6 cm³/mol. The zero-order valence-corrected chi connectivity index (χ0v) is 9.45. The molecule has 3 rings (SSSR count). The second-order valence-electron chi connectivity index (χ2n) is 4.32. The molecule has 0 aliphatic carbocycles. The average Bonchev–Trinajstić information content (AvgIpc) is 2.98. The number of aliphatic hydroxyl groups excluding tert-OH is 1. The first-order valence-electron chi connectivity index (χ1n) is 5.83. The number of nitrogens with one attached hydrogen (secondary N) is 1. The molecule has 17 heavy (non-hydrogen) atoms. The monoisotopic (exact) mass is 229 g/mol. The number of aliphatic hydroxyl groups is 1. The molecule has 2 N–H and O–H groups in total. The molecule has 4 nitrogen and oxygen atoms in total. The minimum Gasteiger partial charge on any atom is -0.390 e. The molecule has 0 radical (unpaired) electrons. The van der Waals surface area contributed by atoms with E-state index < -0.39 is 0 Å². The van der Waals surface area contributed by atoms with Gasteiger partial charge >= 0.3 is 0 Å². The van der Waals surface area contributed by atoms with Crippen molar-refractivity contribution in [3.05, 3.63) is 42.7 Å². The van der Waals surface area contributed by atoms with Crippen molar-refractivity contribution < 1.29 is 5.11 Å². The Morgan fingerprint density at radius 1 is 1.24 bits per heavy atom. The second-order valence-corrected chi connectivity index (χ2v) is 4.32. The normalized spacial score (nSPS) is 24.1. The summed E-state index contributed by atoms with van der Waals surface area (Å²) >= 11 is 0. The van der Waals surface area contributed by atoms with E-state index in [-0.39, 0.29) is 12.1 Å². The minimum atomic E-state index is -0.341. The molecule has 1 aliphatic heterocycles. The first-order chi connectivity index (χ1) is 8.36. The summed E-state index contributed by atoms with van der Waals surface area (Å²) in [5.74, 6) is 0.915. The fourth-order valence-electron chi connectivity index (χ4n) is 2.33. The summed E-state index contributed by atoms with van der Waals surface area (Å²) in [6.07, 6.45) is 3.38. The first kappa shape index (κ1) is 10.5. The van der Waals surface area contributed by atoms with Crippen LogP contribution < -0.4 is 5.32 Å². The van der Waals surface area contributed by atoms with Crippen molar-refractivity contribution in [1.82, 2.24) is 14.9 Å². The fourth-order valence-corrected chi connectivity index (χ4v) is 2.33. The number of hydrogen-bond acceptors (Lipinski definition) is 3. The van der Waals surface area contributed by atoms with Gasteiger partial charge in [0.15, 0.2) is 0 Å². The van der Waals surface area contributed by atoms with E-state index in [0.29, 0.717) is 6.54 Å². The number of rotatable bonds is 2. The fraction of sp³-hybridized carbons (Fsp3) is 0.308. The van der Waals surface area contributed by atoms with E-state index >= 15 is 0 Å². The first-order valence-corrected chi connectivity index (χ1v) is 5.83. The molecular formula is C13H15N3O. The SMILES string of the molecule is O[C@H]1CNC[C@@H]1n1ccnc1-c1ccccc1. The van der Waals surface area contributed by atoms with Crippen LogP contribution in [-0.4, -0.2) is 33.9 Å². The number of imidazole rings is 1. The average molecular weight is 229 g/mol. The lowest BCUT2D eigenvalue weighted by Gasteiger charge is -2.18. The smallest absolute Gasteiger partial charge is 0.140 e. The van der Waals surface area contributed by atoms with E-state index in [1.807, 2.05) is 36.5 Å². The highest BCUT2D eigenvalue weighted by Gasteiger charge is 2.27. The van der Waals surface area contributed by atoms with Gasteiger partial charge in [-0.15, -0.1) is 0 Å². The maximum absolute atomic E-state index is 9.92. The van der Waals surface area contributed by atoms with Crippen LogP contribution in [0.15, 0.2) is 42.7 Å². The Hall–Kier alpha value is -1.65. The van der Waals surface area contributed by atoms with Gasteiger partial charge in [-0.05, 0) is 0 Å². The molecule has 1 aromatic carbocycles. The van der Waals surface area contributed by atoms with Crippen LogP contribution in [-0.2, 0) is 0 Å². The van der Waals surface area contributed by atoms with Crippen molar-refractivity contribution in [3.63, 3.8) is 0 Å². The Labute approximate surface area is 99.9 Å². The van der Waals surface area contributed by atoms with Gasteiger partial charge in [0.2, 0.25) is 0 Å². The highest BCUT2D eigenvalue weighted by atomic mass is 16.3. The van der Waals surface area contributed by atoms with Crippen molar-refractivity contribution in [2.24, 2.45) is 0 Å². The molecule has 88 valence electrons. The third-order valence-corrected chi connectivity index (χ3v) is 3.21. The summed E-state index contributed by atoms with van der Waals surface area (Å²) in [5.41, 5.74) is 1.08. The Balaban J connectivity index is 2.00. The molecule has 4 heteroatoms. The highest BCUT2D eigenvalue weighted by molar-refractivity contribution is 5.55. The van der Waals surface area contributed by atoms with Gasteiger partial charge in [-0.25, -0.2) is 4.98 Å². The molecule has 0 bridgehead atoms. The summed E-state index contributed by atoms with van der Waals surface area (Å²) in [5, 5.41) is 13.1. The number of aromatic nitrogens is 2. The Bertz CT molecular complexity index is 494. The molecule has 1 fully saturated rings. The maximum Gasteiger partial charge on any atom is 0.140 e. The molecule has 2 atom stereocenters. The van der Waals surface area contributed by atoms with E-state index in [1.165, 1.54) is 0 Å². The van der Waals surface area contributed by atoms with Gasteiger partial charge in [0, 0.05) is 31.0 Å². The number of β-amino-alcohol motifs (C(OH)–C–C–N with tert-alkyl or cyclic N) is 1. The van der Waals surface area contributed by atoms with Gasteiger partial charge in [-0.2, -0.15) is 0 Å². The van der Waals surface area contributed by atoms with Crippen molar-refractivity contribution >= 4 is 0 Å². The molecular weight excluding hydrogens is 214 g/mol. The molecule has 1 saturated heterocycles. The molecule has 2 heterocycles. The molecule has 1 aliphatic rings. The van der Waals surface area contributed by atoms with E-state index in [0.717, 1.165) is 17.9 Å². The van der Waals surface area contributed by atoms with Gasteiger partial charge in [-0.3, -0.25) is 0 Å². The van der Waals surface area contributed by atoms with E-state index in [4.69, 9.17) is 0 Å². The van der Waals surface area contributed by atoms with Gasteiger partial charge in [-0.1, -0.05) is 30.3 Å². The minimum absolute atomic E-state index is 0.0766. The van der Waals surface area contributed by atoms with Gasteiger partial charge in [0.25, 0.3) is 0 Å². The van der Waals surface area contributed by atoms with E-state index in [9.17, 15) is 5.11 Å². The topological polar surface area (TPSA) is 50.1 Å². The number of hydrogen-bond donors (Lipinski definition) is 2. The van der Waals surface area contributed by atoms with E-state index in [1.54, 1.807) is 6.20 Å². The summed E-state index contributed by atoms with van der Waals surface area (Å²) in [7, 11) is 0. The van der Waals surface area contributed by atoms with Crippen molar-refractivity contribution in [2.45, 2.75) is 12.1 Å². The van der Waals surface area contributed by atoms with Crippen LogP contribution in [0.2, 0.25) is 0 Å². The summed E-state index contributed by atoms with van der Waals surface area (Å²) < 4.78 is 2.06. The molecule has 1 aromatic heterocycles. The van der Waals surface area contributed by atoms with Crippen LogP contribution >= 0.6 is 0 Å². The number of benzene rings is 1. The van der Waals surface area contributed by atoms with Crippen molar-refractivity contribution in [1.29, 1.82) is 0 Å². The lowest BCUT2D eigenvalue weighted by Crippen LogP contribution is -2.22. The third kappa shape index (κ3) is 1.85. The van der Waals surface area contributed by atoms with Crippen LogP contribution in [0.1, 0.15) is 6.04 Å². The zero-order valence-electron chi connectivity index (χ0n) is 9.45. The van der Waals surface area contributed by atoms with Gasteiger partial charge < -0.3 is 15.0 Å². The van der Waals surface area contributed by atoms with Crippen LogP contribution in [0.5, 0.6) is 0 Å². The van der Waals surface area contributed by atoms with Crippen LogP contribution in [0.25, 0.3) is 11.4 Å². The van der Waals surface area contributed by atoms with Gasteiger partial charge in [0.1, 0.15) is 5.82 Å². The standard InChI is InChI=1S/C13H15N3O/c17-12-9-14-8-11(12)16-7-6-15-13(16)10-4-2-1-3-5-10/h1-7,11-12,14,17H,8-9H2/t11-,12-/m0/s1. The Morgan fingerprint density at radius 2 is 2.06 bits per heavy atom. The quantitative estimate of drug-likeness (QED) is 0.809. The van der Waals surface area contributed by atoms with Crippen molar-refractivity contribution in [2.75, 3.05) is 13.1 Å². The van der Waals surface area contributed by atoms with E-state index in [2.05, 4.69) is 14.9 Å². The van der Waals surface area contributed by atoms with Crippen LogP contribution in [0.3, 0.4) is 0 Å². The number of nitrogens with zero attached hydrogens (tertiary/aromatic N) is 2. The highest BCUT2D eigenvalue weighted by Crippen LogP contribution is 2.24. The molecule has 0 spiro atoms. The molecule has 0 saturated carbocycles. The Morgan fingerprint density at radius 3 is 2.76 bits per heavy atom. The van der Waals surface area contributed by atoms with Crippen molar-refractivity contribution in [3.8, 4) is 11.4 Å². The Kier molecular flexibility index (Phi) is 2.66. The predicted octanol–water partition coefficient (Wildman–Crippen LogP) is 1.06. The zero-order chi connectivity index (χ0) is 11.7. The lowest BCUT2D eigenvalue weighted by molar-refractivity contribution is 0.151. The van der Waals surface area contributed by atoms with Crippen LogP contribution in [0.4, 0.5) is 0 Å². The summed E-state index contributed by atoms with van der Waals surface area (Å²) in [6, 6.07) is 10.1. The van der Waals surface area contributed by atoms with Crippen LogP contribution in [0, 0.1) is 0 Å². The second kappa shape index (κ2) is 4.31. The molecule has 2 aromatic rings. The summed E-state index contributed by atoms with van der Waals surface area (Å²) in [4.78, 5) is 4.39. The molecule has 0 unspecified atom stereocenters. The summed E-state index contributed by atoms with van der Waals surface area (Å²) in [6.45, 7) is 1.44. The molecule has 0 amide bonds.